The van der Waals surface area contributed by atoms with Gasteiger partial charge in [-0.3, -0.25) is 0 Å². The first-order valence-electron chi connectivity index (χ1n) is 5.49. The minimum Gasteiger partial charge on any atom is -0.436 e. The van der Waals surface area contributed by atoms with Gasteiger partial charge in [-0.05, 0) is 41.1 Å². The van der Waals surface area contributed by atoms with Crippen LogP contribution in [0.4, 0.5) is 5.95 Å². The third-order valence-corrected chi connectivity index (χ3v) is 3.26. The molecule has 1 aromatic carbocycles. The van der Waals surface area contributed by atoms with Gasteiger partial charge in [0, 0.05) is 11.6 Å². The van der Waals surface area contributed by atoms with Crippen LogP contribution in [0.1, 0.15) is 6.92 Å². The van der Waals surface area contributed by atoms with Crippen LogP contribution in [0.5, 0.6) is 11.6 Å². The first-order chi connectivity index (χ1) is 9.10. The van der Waals surface area contributed by atoms with E-state index in [1.54, 1.807) is 18.2 Å². The summed E-state index contributed by atoms with van der Waals surface area (Å²) in [6.45, 7) is 2.67. The van der Waals surface area contributed by atoms with Crippen LogP contribution >= 0.6 is 39.1 Å². The average molecular weight is 363 g/mol. The van der Waals surface area contributed by atoms with Crippen LogP contribution in [-0.2, 0) is 0 Å². The second kappa shape index (κ2) is 6.41. The minimum atomic E-state index is 0.288. The molecule has 0 aliphatic rings. The van der Waals surface area contributed by atoms with E-state index in [4.69, 9.17) is 27.9 Å². The lowest BCUT2D eigenvalue weighted by Crippen LogP contribution is -2.03. The maximum atomic E-state index is 6.01. The van der Waals surface area contributed by atoms with Crippen LogP contribution in [-0.4, -0.2) is 16.5 Å². The van der Waals surface area contributed by atoms with Gasteiger partial charge in [0.05, 0.1) is 10.7 Å². The Morgan fingerprint density at radius 2 is 2.16 bits per heavy atom. The molecule has 0 unspecified atom stereocenters. The lowest BCUT2D eigenvalue weighted by atomic mass is 10.3. The fourth-order valence-corrected chi connectivity index (χ4v) is 2.22. The van der Waals surface area contributed by atoms with Crippen molar-refractivity contribution in [2.75, 3.05) is 11.9 Å². The van der Waals surface area contributed by atoms with Crippen molar-refractivity contribution in [2.45, 2.75) is 6.92 Å². The van der Waals surface area contributed by atoms with Gasteiger partial charge < -0.3 is 10.1 Å². The highest BCUT2D eigenvalue weighted by atomic mass is 79.9. The Bertz CT molecular complexity index is 595. The summed E-state index contributed by atoms with van der Waals surface area (Å²) in [6, 6.07) is 5.19. The zero-order valence-electron chi connectivity index (χ0n) is 9.95. The largest absolute Gasteiger partial charge is 0.436 e. The summed E-state index contributed by atoms with van der Waals surface area (Å²) in [5.41, 5.74) is 0. The van der Waals surface area contributed by atoms with E-state index in [0.717, 1.165) is 4.47 Å². The smallest absolute Gasteiger partial charge is 0.243 e. The number of hydrogen-bond acceptors (Lipinski definition) is 4. The maximum Gasteiger partial charge on any atom is 0.243 e. The molecule has 1 heterocycles. The summed E-state index contributed by atoms with van der Waals surface area (Å²) in [5, 5.41) is 3.94. The Labute approximate surface area is 129 Å². The van der Waals surface area contributed by atoms with E-state index >= 15 is 0 Å². The van der Waals surface area contributed by atoms with Gasteiger partial charge in [0.1, 0.15) is 10.8 Å². The van der Waals surface area contributed by atoms with Gasteiger partial charge in [-0.2, -0.15) is 4.98 Å². The molecule has 0 saturated heterocycles. The number of anilines is 1. The molecule has 0 fully saturated rings. The van der Waals surface area contributed by atoms with Gasteiger partial charge in [-0.15, -0.1) is 0 Å². The van der Waals surface area contributed by atoms with Gasteiger partial charge in [-0.1, -0.05) is 23.2 Å². The molecule has 1 aromatic heterocycles. The van der Waals surface area contributed by atoms with E-state index in [0.29, 0.717) is 28.3 Å². The highest BCUT2D eigenvalue weighted by Gasteiger charge is 2.10. The minimum absolute atomic E-state index is 0.288. The fourth-order valence-electron chi connectivity index (χ4n) is 1.33. The number of aromatic nitrogens is 2. The molecule has 4 nitrogen and oxygen atoms in total. The molecular weight excluding hydrogens is 353 g/mol. The van der Waals surface area contributed by atoms with Gasteiger partial charge >= 0.3 is 0 Å². The molecule has 0 amide bonds. The monoisotopic (exact) mass is 361 g/mol. The highest BCUT2D eigenvalue weighted by molar-refractivity contribution is 9.10. The summed E-state index contributed by atoms with van der Waals surface area (Å²) in [5.74, 6) is 1.33. The molecule has 0 atom stereocenters. The number of rotatable bonds is 4. The molecule has 1 N–H and O–H groups in total. The summed E-state index contributed by atoms with van der Waals surface area (Å²) in [7, 11) is 0. The lowest BCUT2D eigenvalue weighted by molar-refractivity contribution is 0.460. The van der Waals surface area contributed by atoms with Crippen molar-refractivity contribution in [3.8, 4) is 11.6 Å². The molecule has 0 spiro atoms. The zero-order valence-corrected chi connectivity index (χ0v) is 13.1. The number of hydrogen-bond donors (Lipinski definition) is 1. The molecule has 0 aliphatic heterocycles. The van der Waals surface area contributed by atoms with Crippen molar-refractivity contribution in [3.05, 3.63) is 38.9 Å². The molecule has 2 rings (SSSR count). The molecule has 0 radical (unpaired) electrons. The van der Waals surface area contributed by atoms with Crippen molar-refractivity contribution in [1.82, 2.24) is 9.97 Å². The second-order valence-electron chi connectivity index (χ2n) is 3.55. The molecule has 0 bridgehead atoms. The van der Waals surface area contributed by atoms with Gasteiger partial charge in [0.15, 0.2) is 0 Å². The van der Waals surface area contributed by atoms with Crippen LogP contribution in [0.3, 0.4) is 0 Å². The first kappa shape index (κ1) is 14.4. The topological polar surface area (TPSA) is 47.0 Å². The van der Waals surface area contributed by atoms with Crippen LogP contribution in [0.15, 0.2) is 28.9 Å². The van der Waals surface area contributed by atoms with E-state index in [1.807, 2.05) is 6.92 Å². The van der Waals surface area contributed by atoms with Crippen LogP contribution in [0.2, 0.25) is 10.0 Å². The first-order valence-corrected chi connectivity index (χ1v) is 7.04. The molecule has 100 valence electrons. The third-order valence-electron chi connectivity index (χ3n) is 2.15. The fraction of sp³-hybridized carbons (Fsp3) is 0.167. The Hall–Kier alpha value is -1.04. The number of benzene rings is 1. The Kier molecular flexibility index (Phi) is 4.85. The summed E-state index contributed by atoms with van der Waals surface area (Å²) < 4.78 is 6.38. The second-order valence-corrected chi connectivity index (χ2v) is 5.25. The Morgan fingerprint density at radius 3 is 2.84 bits per heavy atom. The molecule has 19 heavy (non-hydrogen) atoms. The van der Waals surface area contributed by atoms with Gasteiger partial charge in [-0.25, -0.2) is 4.98 Å². The Morgan fingerprint density at radius 1 is 1.37 bits per heavy atom. The maximum absolute atomic E-state index is 6.01. The zero-order chi connectivity index (χ0) is 13.8. The SMILES string of the molecule is CCNc1ncc(Cl)c(Oc2ccc(Cl)cc2Br)n1. The lowest BCUT2D eigenvalue weighted by Gasteiger charge is -2.09. The summed E-state index contributed by atoms with van der Waals surface area (Å²) in [6.07, 6.45) is 1.49. The Balaban J connectivity index is 2.29. The van der Waals surface area contributed by atoms with Crippen LogP contribution < -0.4 is 10.1 Å². The van der Waals surface area contributed by atoms with Gasteiger partial charge in [0.2, 0.25) is 11.8 Å². The predicted molar refractivity (Wildman–Crippen MR) is 80.4 cm³/mol. The predicted octanol–water partition coefficient (Wildman–Crippen LogP) is 4.77. The quantitative estimate of drug-likeness (QED) is 0.850. The van der Waals surface area contributed by atoms with E-state index in [2.05, 4.69) is 31.2 Å². The third kappa shape index (κ3) is 3.72. The molecule has 0 aliphatic carbocycles. The number of nitrogens with zero attached hydrogens (tertiary/aromatic N) is 2. The summed E-state index contributed by atoms with van der Waals surface area (Å²) in [4.78, 5) is 8.23. The van der Waals surface area contributed by atoms with Crippen LogP contribution in [0.25, 0.3) is 0 Å². The average Bonchev–Trinajstić information content (AvgIpc) is 2.37. The van der Waals surface area contributed by atoms with Crippen molar-refractivity contribution in [1.29, 1.82) is 0 Å². The van der Waals surface area contributed by atoms with Crippen molar-refractivity contribution in [3.63, 3.8) is 0 Å². The van der Waals surface area contributed by atoms with Crippen molar-refractivity contribution >= 4 is 45.1 Å². The highest BCUT2D eigenvalue weighted by Crippen LogP contribution is 2.34. The van der Waals surface area contributed by atoms with E-state index in [9.17, 15) is 0 Å². The molecule has 2 aromatic rings. The molecule has 7 heteroatoms. The number of halogens is 3. The number of nitrogens with one attached hydrogen (secondary N) is 1. The van der Waals surface area contributed by atoms with Crippen molar-refractivity contribution in [2.24, 2.45) is 0 Å². The number of ether oxygens (including phenoxy) is 1. The van der Waals surface area contributed by atoms with Crippen molar-refractivity contribution < 1.29 is 4.74 Å². The van der Waals surface area contributed by atoms with E-state index in [1.165, 1.54) is 6.20 Å². The standard InChI is InChI=1S/C12H10BrCl2N3O/c1-2-16-12-17-6-9(15)11(18-12)19-10-4-3-7(14)5-8(10)13/h3-6H,2H2,1H3,(H,16,17,18). The molecule has 0 saturated carbocycles. The van der Waals surface area contributed by atoms with E-state index < -0.39 is 0 Å². The molecular formula is C12H10BrCl2N3O. The van der Waals surface area contributed by atoms with E-state index in [-0.39, 0.29) is 5.88 Å². The van der Waals surface area contributed by atoms with Gasteiger partial charge in [0.25, 0.3) is 0 Å². The normalized spacial score (nSPS) is 10.3. The summed E-state index contributed by atoms with van der Waals surface area (Å²) >= 11 is 15.2. The van der Waals surface area contributed by atoms with Crippen LogP contribution in [0, 0.1) is 0 Å².